The number of hydrogen-bond donors (Lipinski definition) is 2. The smallest absolute Gasteiger partial charge is 0.416 e. The second-order valence-corrected chi connectivity index (χ2v) is 9.52. The van der Waals surface area contributed by atoms with Crippen molar-refractivity contribution in [2.75, 3.05) is 26.5 Å². The fourth-order valence-corrected chi connectivity index (χ4v) is 4.52. The summed E-state index contributed by atoms with van der Waals surface area (Å²) in [5.74, 6) is -0.0504. The first-order valence-electron chi connectivity index (χ1n) is 12.2. The van der Waals surface area contributed by atoms with Crippen molar-refractivity contribution in [2.24, 2.45) is 5.92 Å². The number of rotatable bonds is 7. The summed E-state index contributed by atoms with van der Waals surface area (Å²) < 4.78 is 46.9. The van der Waals surface area contributed by atoms with Crippen LogP contribution in [0.15, 0.2) is 54.7 Å². The van der Waals surface area contributed by atoms with E-state index in [4.69, 9.17) is 4.74 Å². The number of nitrogens with one attached hydrogen (secondary N) is 2. The van der Waals surface area contributed by atoms with Gasteiger partial charge in [-0.05, 0) is 80.4 Å². The predicted molar refractivity (Wildman–Crippen MR) is 137 cm³/mol. The Balaban J connectivity index is 1.47. The Morgan fingerprint density at radius 3 is 2.53 bits per heavy atom. The normalized spacial score (nSPS) is 15.1. The predicted octanol–water partition coefficient (Wildman–Crippen LogP) is 5.06. The van der Waals surface area contributed by atoms with Crippen LogP contribution in [0, 0.1) is 5.92 Å². The van der Waals surface area contributed by atoms with E-state index in [1.807, 2.05) is 18.2 Å². The van der Waals surface area contributed by atoms with Gasteiger partial charge in [0.05, 0.1) is 5.56 Å². The third kappa shape index (κ3) is 6.49. The number of halogens is 3. The van der Waals surface area contributed by atoms with Crippen molar-refractivity contribution in [1.82, 2.24) is 15.2 Å². The Bertz CT molecular complexity index is 1340. The first-order valence-corrected chi connectivity index (χ1v) is 12.2. The maximum absolute atomic E-state index is 13.6. The molecule has 2 aromatic carbocycles. The van der Waals surface area contributed by atoms with E-state index in [9.17, 15) is 22.8 Å². The number of alkyl halides is 3. The first-order chi connectivity index (χ1) is 18.0. The average molecular weight is 527 g/mol. The zero-order valence-corrected chi connectivity index (χ0v) is 21.4. The Hall–Kier alpha value is -3.92. The maximum atomic E-state index is 13.6. The second-order valence-electron chi connectivity index (χ2n) is 9.52. The summed E-state index contributed by atoms with van der Waals surface area (Å²) in [4.78, 5) is 30.6. The minimum Gasteiger partial charge on any atom is -0.457 e. The minimum absolute atomic E-state index is 0.123. The molecule has 0 fully saturated rings. The topological polar surface area (TPSA) is 83.6 Å². The molecule has 1 unspecified atom stereocenters. The summed E-state index contributed by atoms with van der Waals surface area (Å²) in [5.41, 5.74) is 1.77. The monoisotopic (exact) mass is 526 g/mol. The third-order valence-electron chi connectivity index (χ3n) is 6.37. The van der Waals surface area contributed by atoms with Gasteiger partial charge in [0.1, 0.15) is 17.2 Å². The van der Waals surface area contributed by atoms with Crippen molar-refractivity contribution >= 4 is 17.5 Å². The van der Waals surface area contributed by atoms with Gasteiger partial charge in [0.2, 0.25) is 5.91 Å². The molecule has 38 heavy (non-hydrogen) atoms. The fourth-order valence-electron chi connectivity index (χ4n) is 4.52. The number of anilines is 1. The van der Waals surface area contributed by atoms with Gasteiger partial charge in [-0.2, -0.15) is 13.2 Å². The van der Waals surface area contributed by atoms with Crippen molar-refractivity contribution in [3.63, 3.8) is 0 Å². The van der Waals surface area contributed by atoms with Gasteiger partial charge < -0.3 is 20.3 Å². The molecule has 1 aromatic heterocycles. The lowest BCUT2D eigenvalue weighted by Gasteiger charge is -2.25. The van der Waals surface area contributed by atoms with E-state index in [-0.39, 0.29) is 35.3 Å². The molecule has 1 heterocycles. The number of fused-ring (bicyclic) bond motifs is 1. The molecule has 4 rings (SSSR count). The molecule has 0 spiro atoms. The molecular formula is C28H29F3N4O3. The lowest BCUT2D eigenvalue weighted by molar-refractivity contribution is -0.138. The second kappa shape index (κ2) is 11.2. The molecule has 0 aliphatic heterocycles. The minimum atomic E-state index is -4.53. The Kier molecular flexibility index (Phi) is 8.01. The molecule has 0 radical (unpaired) electrons. The van der Waals surface area contributed by atoms with Crippen LogP contribution in [-0.4, -0.2) is 42.8 Å². The maximum Gasteiger partial charge on any atom is 0.416 e. The molecule has 1 aliphatic rings. The summed E-state index contributed by atoms with van der Waals surface area (Å²) in [6, 6.07) is 12.7. The standard InChI is InChI=1S/C28H29F3N4O3/c1-32-27(37)25-15-23(10-11-33-25)38-22-9-7-17-4-5-18(12-20(17)13-22)26(36)34-21-8-6-19(16-35(2)3)24(14-21)28(29,30)31/h6-11,13-15,18H,4-5,12,16H2,1-3H3,(H,32,37)(H,34,36). The van der Waals surface area contributed by atoms with Gasteiger partial charge in [0.15, 0.2) is 0 Å². The number of hydrogen-bond acceptors (Lipinski definition) is 5. The van der Waals surface area contributed by atoms with Crippen LogP contribution in [0.2, 0.25) is 0 Å². The average Bonchev–Trinajstić information content (AvgIpc) is 2.88. The van der Waals surface area contributed by atoms with E-state index in [0.29, 0.717) is 30.8 Å². The SMILES string of the molecule is CNC(=O)c1cc(Oc2ccc3c(c2)CC(C(=O)Nc2ccc(CN(C)C)c(C(F)(F)F)c2)CC3)ccn1. The summed E-state index contributed by atoms with van der Waals surface area (Å²) in [5, 5.41) is 5.20. The van der Waals surface area contributed by atoms with E-state index >= 15 is 0 Å². The van der Waals surface area contributed by atoms with Gasteiger partial charge in [-0.3, -0.25) is 14.6 Å². The van der Waals surface area contributed by atoms with Gasteiger partial charge in [-0.15, -0.1) is 0 Å². The van der Waals surface area contributed by atoms with Crippen LogP contribution in [0.25, 0.3) is 0 Å². The Morgan fingerprint density at radius 2 is 1.82 bits per heavy atom. The van der Waals surface area contributed by atoms with Crippen LogP contribution >= 0.6 is 0 Å². The number of pyridine rings is 1. The lowest BCUT2D eigenvalue weighted by atomic mass is 9.83. The molecule has 3 aromatic rings. The highest BCUT2D eigenvalue weighted by Gasteiger charge is 2.34. The Labute approximate surface area is 219 Å². The Morgan fingerprint density at radius 1 is 1.05 bits per heavy atom. The van der Waals surface area contributed by atoms with Crippen molar-refractivity contribution in [1.29, 1.82) is 0 Å². The van der Waals surface area contributed by atoms with E-state index in [1.54, 1.807) is 25.1 Å². The van der Waals surface area contributed by atoms with Crippen LogP contribution in [0.3, 0.4) is 0 Å². The van der Waals surface area contributed by atoms with Crippen LogP contribution in [0.5, 0.6) is 11.5 Å². The van der Waals surface area contributed by atoms with Gasteiger partial charge in [0.25, 0.3) is 5.91 Å². The fraction of sp³-hybridized carbons (Fsp3) is 0.321. The zero-order chi connectivity index (χ0) is 27.4. The molecule has 2 N–H and O–H groups in total. The summed E-state index contributed by atoms with van der Waals surface area (Å²) in [6.07, 6.45) is -1.36. The molecule has 1 atom stereocenters. The van der Waals surface area contributed by atoms with Gasteiger partial charge in [0, 0.05) is 37.5 Å². The van der Waals surface area contributed by atoms with Crippen LogP contribution < -0.4 is 15.4 Å². The molecule has 2 amide bonds. The van der Waals surface area contributed by atoms with Gasteiger partial charge in [-0.25, -0.2) is 0 Å². The van der Waals surface area contributed by atoms with E-state index < -0.39 is 17.7 Å². The number of ether oxygens (including phenoxy) is 1. The van der Waals surface area contributed by atoms with Gasteiger partial charge in [-0.1, -0.05) is 12.1 Å². The van der Waals surface area contributed by atoms with Gasteiger partial charge >= 0.3 is 6.18 Å². The van der Waals surface area contributed by atoms with E-state index in [1.165, 1.54) is 31.4 Å². The molecule has 1 aliphatic carbocycles. The number of carbonyl (C=O) groups is 2. The summed E-state index contributed by atoms with van der Waals surface area (Å²) in [6.45, 7) is 0.138. The molecule has 200 valence electrons. The van der Waals surface area contributed by atoms with Crippen LogP contribution in [-0.2, 0) is 30.4 Å². The number of nitrogens with zero attached hydrogens (tertiary/aromatic N) is 2. The van der Waals surface area contributed by atoms with Crippen LogP contribution in [0.4, 0.5) is 18.9 Å². The zero-order valence-electron chi connectivity index (χ0n) is 21.4. The van der Waals surface area contributed by atoms with E-state index in [2.05, 4.69) is 15.6 Å². The summed E-state index contributed by atoms with van der Waals surface area (Å²) in [7, 11) is 4.92. The van der Waals surface area contributed by atoms with Crippen LogP contribution in [0.1, 0.15) is 39.2 Å². The summed E-state index contributed by atoms with van der Waals surface area (Å²) >= 11 is 0. The van der Waals surface area contributed by atoms with E-state index in [0.717, 1.165) is 17.2 Å². The number of benzene rings is 2. The molecule has 0 saturated heterocycles. The molecular weight excluding hydrogens is 497 g/mol. The largest absolute Gasteiger partial charge is 0.457 e. The van der Waals surface area contributed by atoms with Crippen molar-refractivity contribution in [3.05, 3.63) is 82.7 Å². The highest BCUT2D eigenvalue weighted by Crippen LogP contribution is 2.35. The quantitative estimate of drug-likeness (QED) is 0.450. The van der Waals surface area contributed by atoms with Crippen molar-refractivity contribution in [3.8, 4) is 11.5 Å². The first kappa shape index (κ1) is 27.1. The lowest BCUT2D eigenvalue weighted by Crippen LogP contribution is -2.28. The number of carbonyl (C=O) groups excluding carboxylic acids is 2. The molecule has 0 bridgehead atoms. The number of aromatic nitrogens is 1. The number of aryl methyl sites for hydroxylation is 1. The highest BCUT2D eigenvalue weighted by atomic mass is 19.4. The highest BCUT2D eigenvalue weighted by molar-refractivity contribution is 5.93. The molecule has 7 nitrogen and oxygen atoms in total. The molecule has 0 saturated carbocycles. The van der Waals surface area contributed by atoms with Crippen molar-refractivity contribution < 1.29 is 27.5 Å². The third-order valence-corrected chi connectivity index (χ3v) is 6.37. The number of amides is 2. The van der Waals surface area contributed by atoms with Crippen molar-refractivity contribution in [2.45, 2.75) is 32.0 Å². The molecule has 10 heteroatoms.